The molecule has 1 saturated heterocycles. The van der Waals surface area contributed by atoms with E-state index < -0.39 is 0 Å². The van der Waals surface area contributed by atoms with Gasteiger partial charge in [-0.25, -0.2) is 0 Å². The first-order chi connectivity index (χ1) is 5.77. The lowest BCUT2D eigenvalue weighted by Gasteiger charge is -2.18. The summed E-state index contributed by atoms with van der Waals surface area (Å²) in [7, 11) is 1.75. The predicted octanol–water partition coefficient (Wildman–Crippen LogP) is 2.37. The van der Waals surface area contributed by atoms with Gasteiger partial charge in [0.2, 0.25) is 0 Å². The number of methoxy groups -OCH3 is 1. The summed E-state index contributed by atoms with van der Waals surface area (Å²) >= 11 is 0. The summed E-state index contributed by atoms with van der Waals surface area (Å²) in [5.74, 6) is 0. The second kappa shape index (κ2) is 4.83. The van der Waals surface area contributed by atoms with Gasteiger partial charge in [0.15, 0.2) is 0 Å². The molecule has 0 amide bonds. The summed E-state index contributed by atoms with van der Waals surface area (Å²) in [6, 6.07) is 0. The zero-order valence-electron chi connectivity index (χ0n) is 8.38. The van der Waals surface area contributed by atoms with Crippen molar-refractivity contribution in [3.63, 3.8) is 0 Å². The van der Waals surface area contributed by atoms with Crippen LogP contribution in [0.5, 0.6) is 0 Å². The fourth-order valence-corrected chi connectivity index (χ4v) is 1.76. The van der Waals surface area contributed by atoms with E-state index in [9.17, 15) is 0 Å². The molecule has 3 atom stereocenters. The Labute approximate surface area is 75.2 Å². The van der Waals surface area contributed by atoms with Crippen molar-refractivity contribution in [2.75, 3.05) is 7.11 Å². The fraction of sp³-hybridized carbons (Fsp3) is 1.00. The van der Waals surface area contributed by atoms with Crippen LogP contribution in [0.4, 0.5) is 0 Å². The Morgan fingerprint density at radius 1 is 1.50 bits per heavy atom. The molecule has 1 aliphatic rings. The quantitative estimate of drug-likeness (QED) is 0.648. The molecule has 2 heteroatoms. The van der Waals surface area contributed by atoms with Gasteiger partial charge in [-0.3, -0.25) is 0 Å². The zero-order chi connectivity index (χ0) is 8.97. The van der Waals surface area contributed by atoms with E-state index >= 15 is 0 Å². The van der Waals surface area contributed by atoms with Crippen molar-refractivity contribution in [2.24, 2.45) is 0 Å². The highest BCUT2D eigenvalue weighted by Crippen LogP contribution is 2.25. The van der Waals surface area contributed by atoms with Gasteiger partial charge in [0, 0.05) is 7.11 Å². The number of rotatable bonds is 4. The first kappa shape index (κ1) is 10.0. The van der Waals surface area contributed by atoms with Crippen LogP contribution in [0.1, 0.15) is 39.5 Å². The molecule has 1 aliphatic heterocycles. The Morgan fingerprint density at radius 2 is 2.25 bits per heavy atom. The van der Waals surface area contributed by atoms with Crippen LogP contribution in [0.2, 0.25) is 0 Å². The van der Waals surface area contributed by atoms with Gasteiger partial charge in [0.05, 0.1) is 18.3 Å². The van der Waals surface area contributed by atoms with Gasteiger partial charge in [0.25, 0.3) is 0 Å². The first-order valence-electron chi connectivity index (χ1n) is 4.96. The molecule has 3 unspecified atom stereocenters. The lowest BCUT2D eigenvalue weighted by molar-refractivity contribution is -0.0460. The molecular weight excluding hydrogens is 152 g/mol. The van der Waals surface area contributed by atoms with E-state index in [1.807, 2.05) is 0 Å². The maximum absolute atomic E-state index is 5.83. The minimum absolute atomic E-state index is 0.256. The summed E-state index contributed by atoms with van der Waals surface area (Å²) in [5.41, 5.74) is 0. The summed E-state index contributed by atoms with van der Waals surface area (Å²) in [4.78, 5) is 0. The molecule has 0 aliphatic carbocycles. The Bertz CT molecular complexity index is 125. The fourth-order valence-electron chi connectivity index (χ4n) is 1.76. The first-order valence-corrected chi connectivity index (χ1v) is 4.96. The third-order valence-corrected chi connectivity index (χ3v) is 2.65. The van der Waals surface area contributed by atoms with Crippen molar-refractivity contribution in [1.82, 2.24) is 0 Å². The standard InChI is InChI=1S/C10H20O2/c1-4-5-9-6-7-10(12-9)8(2)11-3/h8-10H,4-7H2,1-3H3. The maximum Gasteiger partial charge on any atom is 0.0838 e. The minimum Gasteiger partial charge on any atom is -0.379 e. The molecule has 1 rings (SSSR count). The van der Waals surface area contributed by atoms with Crippen LogP contribution >= 0.6 is 0 Å². The second-order valence-electron chi connectivity index (χ2n) is 3.60. The molecule has 0 radical (unpaired) electrons. The van der Waals surface area contributed by atoms with E-state index in [1.54, 1.807) is 7.11 Å². The highest BCUT2D eigenvalue weighted by atomic mass is 16.5. The largest absolute Gasteiger partial charge is 0.379 e. The lowest BCUT2D eigenvalue weighted by Crippen LogP contribution is -2.25. The van der Waals surface area contributed by atoms with Crippen LogP contribution in [0.25, 0.3) is 0 Å². The number of hydrogen-bond donors (Lipinski definition) is 0. The van der Waals surface area contributed by atoms with E-state index in [-0.39, 0.29) is 6.10 Å². The van der Waals surface area contributed by atoms with Crippen molar-refractivity contribution in [3.8, 4) is 0 Å². The van der Waals surface area contributed by atoms with Crippen molar-refractivity contribution >= 4 is 0 Å². The molecule has 1 fully saturated rings. The zero-order valence-corrected chi connectivity index (χ0v) is 8.38. The van der Waals surface area contributed by atoms with Crippen LogP contribution in [0.3, 0.4) is 0 Å². The van der Waals surface area contributed by atoms with E-state index in [2.05, 4.69) is 13.8 Å². The lowest BCUT2D eigenvalue weighted by atomic mass is 10.1. The maximum atomic E-state index is 5.83. The van der Waals surface area contributed by atoms with Crippen molar-refractivity contribution in [1.29, 1.82) is 0 Å². The summed E-state index contributed by atoms with van der Waals surface area (Å²) in [6.07, 6.45) is 5.90. The molecular formula is C10H20O2. The summed E-state index contributed by atoms with van der Waals surface area (Å²) < 4.78 is 11.1. The van der Waals surface area contributed by atoms with Gasteiger partial charge < -0.3 is 9.47 Å². The number of ether oxygens (including phenoxy) is 2. The summed E-state index contributed by atoms with van der Waals surface area (Å²) in [6.45, 7) is 4.29. The monoisotopic (exact) mass is 172 g/mol. The van der Waals surface area contributed by atoms with Crippen LogP contribution in [0, 0.1) is 0 Å². The molecule has 0 N–H and O–H groups in total. The smallest absolute Gasteiger partial charge is 0.0838 e. The molecule has 0 aromatic carbocycles. The van der Waals surface area contributed by atoms with Crippen LogP contribution in [-0.4, -0.2) is 25.4 Å². The van der Waals surface area contributed by atoms with E-state index in [0.29, 0.717) is 12.2 Å². The minimum atomic E-state index is 0.256. The molecule has 0 aromatic rings. The summed E-state index contributed by atoms with van der Waals surface area (Å²) in [5, 5.41) is 0. The van der Waals surface area contributed by atoms with Crippen molar-refractivity contribution in [2.45, 2.75) is 57.8 Å². The van der Waals surface area contributed by atoms with Crippen LogP contribution < -0.4 is 0 Å². The average molecular weight is 172 g/mol. The van der Waals surface area contributed by atoms with Crippen molar-refractivity contribution < 1.29 is 9.47 Å². The highest BCUT2D eigenvalue weighted by Gasteiger charge is 2.28. The highest BCUT2D eigenvalue weighted by molar-refractivity contribution is 4.77. The molecule has 2 nitrogen and oxygen atoms in total. The third kappa shape index (κ3) is 2.46. The van der Waals surface area contributed by atoms with Gasteiger partial charge in [-0.2, -0.15) is 0 Å². The van der Waals surface area contributed by atoms with E-state index in [0.717, 1.165) is 0 Å². The van der Waals surface area contributed by atoms with Gasteiger partial charge in [-0.1, -0.05) is 13.3 Å². The second-order valence-corrected chi connectivity index (χ2v) is 3.60. The topological polar surface area (TPSA) is 18.5 Å². The predicted molar refractivity (Wildman–Crippen MR) is 49.3 cm³/mol. The molecule has 0 bridgehead atoms. The third-order valence-electron chi connectivity index (χ3n) is 2.65. The Balaban J connectivity index is 2.25. The number of hydrogen-bond acceptors (Lipinski definition) is 2. The van der Waals surface area contributed by atoms with Gasteiger partial charge in [-0.15, -0.1) is 0 Å². The van der Waals surface area contributed by atoms with Gasteiger partial charge in [-0.05, 0) is 26.2 Å². The van der Waals surface area contributed by atoms with E-state index in [1.165, 1.54) is 25.7 Å². The molecule has 1 heterocycles. The molecule has 0 aromatic heterocycles. The molecule has 0 spiro atoms. The average Bonchev–Trinajstić information content (AvgIpc) is 2.52. The normalized spacial score (nSPS) is 32.2. The van der Waals surface area contributed by atoms with Crippen LogP contribution in [0.15, 0.2) is 0 Å². The molecule has 72 valence electrons. The Kier molecular flexibility index (Phi) is 4.02. The van der Waals surface area contributed by atoms with Crippen LogP contribution in [-0.2, 0) is 9.47 Å². The molecule has 0 saturated carbocycles. The SMILES string of the molecule is CCCC1CCC(C(C)OC)O1. The molecule has 12 heavy (non-hydrogen) atoms. The Morgan fingerprint density at radius 3 is 2.83 bits per heavy atom. The Hall–Kier alpha value is -0.0800. The van der Waals surface area contributed by atoms with Gasteiger partial charge >= 0.3 is 0 Å². The van der Waals surface area contributed by atoms with Crippen molar-refractivity contribution in [3.05, 3.63) is 0 Å². The van der Waals surface area contributed by atoms with Gasteiger partial charge in [0.1, 0.15) is 0 Å². The van der Waals surface area contributed by atoms with E-state index in [4.69, 9.17) is 9.47 Å².